The smallest absolute Gasteiger partial charge is 0.193 e. The number of aliphatic hydroxyl groups is 2. The number of piperidine rings is 1. The normalized spacial score (nSPS) is 19.3. The van der Waals surface area contributed by atoms with Crippen molar-refractivity contribution in [2.45, 2.75) is 44.6 Å². The third-order valence-corrected chi connectivity index (χ3v) is 7.08. The number of morpholine rings is 1. The number of benzene rings is 1. The number of aliphatic hydroxyl groups excluding tert-OH is 1. The summed E-state index contributed by atoms with van der Waals surface area (Å²) >= 11 is 6.61. The number of nitrogens with one attached hydrogen (secondary N) is 1. The van der Waals surface area contributed by atoms with Gasteiger partial charge in [-0.1, -0.05) is 23.7 Å². The number of ether oxygens (including phenoxy) is 2. The van der Waals surface area contributed by atoms with E-state index in [-0.39, 0.29) is 6.10 Å². The highest BCUT2D eigenvalue weighted by molar-refractivity contribution is 6.33. The van der Waals surface area contributed by atoms with Crippen molar-refractivity contribution < 1.29 is 19.7 Å². The Labute approximate surface area is 210 Å². The van der Waals surface area contributed by atoms with E-state index in [2.05, 4.69) is 34.1 Å². The van der Waals surface area contributed by atoms with Crippen molar-refractivity contribution in [1.82, 2.24) is 14.9 Å². The lowest BCUT2D eigenvalue weighted by atomic mass is 10.0. The van der Waals surface area contributed by atoms with Crippen molar-refractivity contribution >= 4 is 28.3 Å². The maximum atomic E-state index is 10.3. The lowest BCUT2D eigenvalue weighted by Gasteiger charge is -2.39. The Bertz CT molecular complexity index is 1150. The highest BCUT2D eigenvalue weighted by Crippen LogP contribution is 2.32. The second kappa shape index (κ2) is 9.95. The minimum Gasteiger partial charge on any atom is -0.475 e. The van der Waals surface area contributed by atoms with E-state index >= 15 is 0 Å². The minimum atomic E-state index is -1.16. The molecule has 0 radical (unpaired) electrons. The minimum absolute atomic E-state index is 0.0241. The van der Waals surface area contributed by atoms with Gasteiger partial charge in [0.25, 0.3) is 0 Å². The molecule has 1 aromatic carbocycles. The van der Waals surface area contributed by atoms with Crippen LogP contribution in [0.4, 0.5) is 5.69 Å². The van der Waals surface area contributed by atoms with Crippen molar-refractivity contribution in [3.63, 3.8) is 0 Å². The number of hydrogen-bond acceptors (Lipinski definition) is 7. The van der Waals surface area contributed by atoms with Gasteiger partial charge in [0.1, 0.15) is 12.3 Å². The van der Waals surface area contributed by atoms with E-state index in [4.69, 9.17) is 26.1 Å². The van der Waals surface area contributed by atoms with E-state index in [0.717, 1.165) is 61.4 Å². The maximum Gasteiger partial charge on any atom is 0.193 e. The molecule has 2 aliphatic heterocycles. The third kappa shape index (κ3) is 5.42. The molecule has 3 N–H and O–H groups in total. The molecule has 2 aliphatic rings. The molecule has 188 valence electrons. The van der Waals surface area contributed by atoms with Crippen molar-refractivity contribution in [3.05, 3.63) is 41.4 Å². The summed E-state index contributed by atoms with van der Waals surface area (Å²) in [6, 6.07) is 12.1. The van der Waals surface area contributed by atoms with Crippen LogP contribution < -0.4 is 9.64 Å². The third-order valence-electron chi connectivity index (χ3n) is 6.80. The molecule has 1 unspecified atom stereocenters. The average Bonchev–Trinajstić information content (AvgIpc) is 3.24. The van der Waals surface area contributed by atoms with Gasteiger partial charge in [0, 0.05) is 43.5 Å². The molecule has 0 amide bonds. The van der Waals surface area contributed by atoms with Crippen molar-refractivity contribution in [2.24, 2.45) is 0 Å². The molecule has 1 atom stereocenters. The van der Waals surface area contributed by atoms with Gasteiger partial charge >= 0.3 is 0 Å². The second-order valence-electron chi connectivity index (χ2n) is 9.91. The number of likely N-dealkylation sites (tertiary alicyclic amines) is 1. The first kappa shape index (κ1) is 24.3. The summed E-state index contributed by atoms with van der Waals surface area (Å²) in [5.41, 5.74) is 3.35. The molecule has 4 heterocycles. The fraction of sp³-hybridized carbons (Fsp3) is 0.500. The SMILES string of the molecule is CC(C)(O)C(O)N1CCC(Oc2cc3nc(-c4ccc(N5CCOCC5)cc4)c(Cl)cc3[nH]2)CC1. The summed E-state index contributed by atoms with van der Waals surface area (Å²) in [6.45, 7) is 7.86. The Morgan fingerprint density at radius 1 is 1.11 bits per heavy atom. The number of H-pyrrole nitrogens is 1. The van der Waals surface area contributed by atoms with Crippen molar-refractivity contribution in [1.29, 1.82) is 0 Å². The maximum absolute atomic E-state index is 10.3. The quantitative estimate of drug-likeness (QED) is 0.475. The highest BCUT2D eigenvalue weighted by Gasteiger charge is 2.33. The summed E-state index contributed by atoms with van der Waals surface area (Å²) in [7, 11) is 0. The largest absolute Gasteiger partial charge is 0.475 e. The molecule has 8 nitrogen and oxygen atoms in total. The first-order chi connectivity index (χ1) is 16.8. The van der Waals surface area contributed by atoms with E-state index in [9.17, 15) is 10.2 Å². The topological polar surface area (TPSA) is 94.1 Å². The van der Waals surface area contributed by atoms with Gasteiger partial charge in [-0.05, 0) is 44.9 Å². The first-order valence-electron chi connectivity index (χ1n) is 12.2. The number of aromatic nitrogens is 2. The van der Waals surface area contributed by atoms with Gasteiger partial charge in [-0.25, -0.2) is 4.98 Å². The lowest BCUT2D eigenvalue weighted by molar-refractivity contribution is -0.140. The van der Waals surface area contributed by atoms with Crippen LogP contribution in [0.1, 0.15) is 26.7 Å². The first-order valence-corrected chi connectivity index (χ1v) is 12.6. The van der Waals surface area contributed by atoms with Crippen LogP contribution in [0, 0.1) is 0 Å². The Balaban J connectivity index is 1.27. The zero-order chi connectivity index (χ0) is 24.6. The Morgan fingerprint density at radius 2 is 1.80 bits per heavy atom. The number of rotatable bonds is 6. The summed E-state index contributed by atoms with van der Waals surface area (Å²) in [5, 5.41) is 21.0. The molecule has 0 bridgehead atoms. The van der Waals surface area contributed by atoms with Crippen LogP contribution in [0.2, 0.25) is 5.02 Å². The van der Waals surface area contributed by atoms with E-state index in [1.807, 2.05) is 17.0 Å². The van der Waals surface area contributed by atoms with Crippen molar-refractivity contribution in [2.75, 3.05) is 44.3 Å². The Hall–Kier alpha value is -2.36. The van der Waals surface area contributed by atoms with Gasteiger partial charge in [0.05, 0.1) is 40.6 Å². The zero-order valence-corrected chi connectivity index (χ0v) is 21.0. The van der Waals surface area contributed by atoms with Crippen molar-refractivity contribution in [3.8, 4) is 17.1 Å². The number of aromatic amines is 1. The fourth-order valence-corrected chi connectivity index (χ4v) is 5.05. The van der Waals surface area contributed by atoms with E-state index in [0.29, 0.717) is 24.0 Å². The van der Waals surface area contributed by atoms with Gasteiger partial charge in [-0.3, -0.25) is 4.90 Å². The molecule has 0 aliphatic carbocycles. The molecule has 3 aromatic rings. The average molecular weight is 501 g/mol. The number of anilines is 1. The van der Waals surface area contributed by atoms with E-state index < -0.39 is 11.8 Å². The van der Waals surface area contributed by atoms with Gasteiger partial charge < -0.3 is 29.6 Å². The fourth-order valence-electron chi connectivity index (χ4n) is 4.79. The molecule has 2 saturated heterocycles. The number of halogens is 1. The summed E-state index contributed by atoms with van der Waals surface area (Å²) in [5.74, 6) is 0.657. The lowest BCUT2D eigenvalue weighted by Crippen LogP contribution is -2.53. The Kier molecular flexibility index (Phi) is 6.92. The van der Waals surface area contributed by atoms with Gasteiger partial charge in [-0.2, -0.15) is 0 Å². The summed E-state index contributed by atoms with van der Waals surface area (Å²) in [6.07, 6.45) is 0.662. The number of pyridine rings is 1. The van der Waals surface area contributed by atoms with Crippen LogP contribution in [-0.4, -0.2) is 82.4 Å². The predicted molar refractivity (Wildman–Crippen MR) is 137 cm³/mol. The highest BCUT2D eigenvalue weighted by atomic mass is 35.5. The predicted octanol–water partition coefficient (Wildman–Crippen LogP) is 3.65. The Morgan fingerprint density at radius 3 is 2.46 bits per heavy atom. The molecular weight excluding hydrogens is 468 g/mol. The second-order valence-corrected chi connectivity index (χ2v) is 10.3. The van der Waals surface area contributed by atoms with Crippen LogP contribution in [0.3, 0.4) is 0 Å². The van der Waals surface area contributed by atoms with Crippen LogP contribution in [-0.2, 0) is 4.74 Å². The zero-order valence-electron chi connectivity index (χ0n) is 20.2. The molecule has 0 spiro atoms. The molecule has 5 rings (SSSR count). The standard InChI is InChI=1S/C26H33ClN4O4/c1-26(2,33)25(32)31-9-7-19(8-10-31)35-23-16-22-21(28-23)15-20(27)24(29-22)17-3-5-18(6-4-17)30-11-13-34-14-12-30/h3-6,15-16,19,25,28,32-33H,7-14H2,1-2H3. The van der Waals surface area contributed by atoms with E-state index in [1.54, 1.807) is 13.8 Å². The molecular formula is C26H33ClN4O4. The van der Waals surface area contributed by atoms with Crippen LogP contribution in [0.5, 0.6) is 5.88 Å². The summed E-state index contributed by atoms with van der Waals surface area (Å²) in [4.78, 5) is 12.3. The summed E-state index contributed by atoms with van der Waals surface area (Å²) < 4.78 is 11.6. The van der Waals surface area contributed by atoms with E-state index in [1.165, 1.54) is 5.69 Å². The monoisotopic (exact) mass is 500 g/mol. The number of hydrogen-bond donors (Lipinski definition) is 3. The molecule has 35 heavy (non-hydrogen) atoms. The number of nitrogens with zero attached hydrogens (tertiary/aromatic N) is 3. The van der Waals surface area contributed by atoms with Crippen LogP contribution >= 0.6 is 11.6 Å². The molecule has 9 heteroatoms. The number of fused-ring (bicyclic) bond motifs is 1. The molecule has 0 saturated carbocycles. The molecule has 2 aromatic heterocycles. The van der Waals surface area contributed by atoms with Gasteiger partial charge in [0.15, 0.2) is 5.88 Å². The van der Waals surface area contributed by atoms with Gasteiger partial charge in [0.2, 0.25) is 0 Å². The van der Waals surface area contributed by atoms with Crippen LogP contribution in [0.15, 0.2) is 36.4 Å². The van der Waals surface area contributed by atoms with Crippen LogP contribution in [0.25, 0.3) is 22.3 Å². The molecule has 2 fully saturated rings. The van der Waals surface area contributed by atoms with Gasteiger partial charge in [-0.15, -0.1) is 0 Å².